The minimum atomic E-state index is -0.440. The number of amides is 2. The van der Waals surface area contributed by atoms with E-state index in [-0.39, 0.29) is 12.0 Å². The van der Waals surface area contributed by atoms with Crippen LogP contribution in [0.5, 0.6) is 5.75 Å². The van der Waals surface area contributed by atoms with Crippen LogP contribution < -0.4 is 15.4 Å². The third kappa shape index (κ3) is 4.50. The molecule has 0 aliphatic carbocycles. The first kappa shape index (κ1) is 22.7. The maximum atomic E-state index is 13.2. The highest BCUT2D eigenvalue weighted by atomic mass is 79.9. The van der Waals surface area contributed by atoms with Crippen LogP contribution in [0.25, 0.3) is 0 Å². The second kappa shape index (κ2) is 9.68. The summed E-state index contributed by atoms with van der Waals surface area (Å²) < 4.78 is 12.2. The molecule has 0 saturated carbocycles. The van der Waals surface area contributed by atoms with Gasteiger partial charge in [-0.25, -0.2) is 4.79 Å². The van der Waals surface area contributed by atoms with E-state index in [9.17, 15) is 9.59 Å². The van der Waals surface area contributed by atoms with Crippen LogP contribution in [0.15, 0.2) is 53.0 Å². The largest absolute Gasteiger partial charge is 0.488 e. The maximum Gasteiger partial charge on any atom is 0.410 e. The number of hydrogen-bond acceptors (Lipinski definition) is 6. The molecule has 1 atom stereocenters. The monoisotopic (exact) mass is 541 g/mol. The summed E-state index contributed by atoms with van der Waals surface area (Å²) in [7, 11) is 0. The maximum absolute atomic E-state index is 13.2. The minimum absolute atomic E-state index is 0.116. The van der Waals surface area contributed by atoms with Crippen molar-refractivity contribution in [2.24, 2.45) is 0 Å². The zero-order valence-electron chi connectivity index (χ0n) is 18.6. The Bertz CT molecular complexity index is 1230. The molecule has 0 bridgehead atoms. The van der Waals surface area contributed by atoms with Gasteiger partial charge in [0.2, 0.25) is 0 Å². The Morgan fingerprint density at radius 2 is 2.03 bits per heavy atom. The van der Waals surface area contributed by atoms with Crippen molar-refractivity contribution in [1.29, 1.82) is 0 Å². The predicted octanol–water partition coefficient (Wildman–Crippen LogP) is 5.46. The summed E-state index contributed by atoms with van der Waals surface area (Å²) in [6.45, 7) is 3.56. The lowest BCUT2D eigenvalue weighted by Gasteiger charge is -2.29. The van der Waals surface area contributed by atoms with Crippen molar-refractivity contribution in [1.82, 2.24) is 10.2 Å². The highest BCUT2D eigenvalue weighted by Crippen LogP contribution is 2.42. The molecule has 0 unspecified atom stereocenters. The number of benzene rings is 2. The average molecular weight is 542 g/mol. The van der Waals surface area contributed by atoms with Crippen LogP contribution in [0.1, 0.15) is 45.0 Å². The summed E-state index contributed by atoms with van der Waals surface area (Å²) in [5.41, 5.74) is 3.60. The fraction of sp³-hybridized carbons (Fsp3) is 0.280. The summed E-state index contributed by atoms with van der Waals surface area (Å²) in [5.74, 6) is 0.581. The molecule has 1 aromatic heterocycles. The summed E-state index contributed by atoms with van der Waals surface area (Å²) in [5, 5.41) is 7.40. The molecular weight excluding hydrogens is 518 g/mol. The second-order valence-corrected chi connectivity index (χ2v) is 10.1. The molecule has 2 amide bonds. The Hall–Kier alpha value is -3.04. The van der Waals surface area contributed by atoms with Crippen molar-refractivity contribution in [2.45, 2.75) is 32.7 Å². The van der Waals surface area contributed by atoms with E-state index < -0.39 is 6.17 Å². The molecular formula is C25H24BrN3O4S. The van der Waals surface area contributed by atoms with E-state index in [1.54, 1.807) is 11.8 Å². The van der Waals surface area contributed by atoms with Gasteiger partial charge in [0.1, 0.15) is 23.5 Å². The number of carbonyl (C=O) groups excluding carboxylic acids is 2. The molecule has 0 fully saturated rings. The summed E-state index contributed by atoms with van der Waals surface area (Å²) in [6.07, 6.45) is -0.129. The van der Waals surface area contributed by atoms with E-state index in [0.717, 1.165) is 31.0 Å². The van der Waals surface area contributed by atoms with E-state index in [0.29, 0.717) is 44.0 Å². The topological polar surface area (TPSA) is 79.9 Å². The summed E-state index contributed by atoms with van der Waals surface area (Å²) >= 11 is 5.07. The first-order chi connectivity index (χ1) is 16.5. The summed E-state index contributed by atoms with van der Waals surface area (Å²) in [6, 6.07) is 15.7. The molecule has 34 heavy (non-hydrogen) atoms. The Kier molecular flexibility index (Phi) is 6.47. The quantitative estimate of drug-likeness (QED) is 0.448. The number of thiophene rings is 1. The lowest BCUT2D eigenvalue weighted by molar-refractivity contribution is 0.0933. The molecule has 9 heteroatoms. The molecule has 2 aliphatic rings. The number of ether oxygens (including phenoxy) is 2. The number of nitrogens with one attached hydrogen (secondary N) is 2. The van der Waals surface area contributed by atoms with Crippen LogP contribution >= 0.6 is 27.3 Å². The first-order valence-corrected chi connectivity index (χ1v) is 12.7. The van der Waals surface area contributed by atoms with E-state index in [1.165, 1.54) is 11.3 Å². The highest BCUT2D eigenvalue weighted by Gasteiger charge is 2.35. The van der Waals surface area contributed by atoms with E-state index in [2.05, 4.69) is 26.6 Å². The van der Waals surface area contributed by atoms with Gasteiger partial charge in [0.25, 0.3) is 5.91 Å². The van der Waals surface area contributed by atoms with Crippen molar-refractivity contribution >= 4 is 44.3 Å². The third-order valence-electron chi connectivity index (χ3n) is 5.88. The average Bonchev–Trinajstić information content (AvgIpc) is 3.22. The molecule has 0 radical (unpaired) electrons. The van der Waals surface area contributed by atoms with Crippen LogP contribution in [0, 0.1) is 0 Å². The molecule has 7 nitrogen and oxygen atoms in total. The molecule has 176 valence electrons. The second-order valence-electron chi connectivity index (χ2n) is 8.09. The lowest BCUT2D eigenvalue weighted by Crippen LogP contribution is -2.39. The number of halogens is 1. The van der Waals surface area contributed by atoms with Crippen LogP contribution in [0.3, 0.4) is 0 Å². The van der Waals surface area contributed by atoms with Gasteiger partial charge in [0, 0.05) is 21.5 Å². The minimum Gasteiger partial charge on any atom is -0.488 e. The number of hydrogen-bond donors (Lipinski definition) is 2. The Morgan fingerprint density at radius 3 is 2.82 bits per heavy atom. The van der Waals surface area contributed by atoms with E-state index in [1.807, 2.05) is 48.5 Å². The normalized spacial score (nSPS) is 16.7. The Morgan fingerprint density at radius 1 is 1.21 bits per heavy atom. The zero-order valence-corrected chi connectivity index (χ0v) is 21.0. The number of nitrogens with zero attached hydrogens (tertiary/aromatic N) is 1. The molecule has 0 saturated heterocycles. The molecule has 3 aromatic rings. The highest BCUT2D eigenvalue weighted by molar-refractivity contribution is 9.10. The van der Waals surface area contributed by atoms with Crippen molar-refractivity contribution in [3.05, 3.63) is 80.1 Å². The van der Waals surface area contributed by atoms with Gasteiger partial charge in [0.15, 0.2) is 0 Å². The molecule has 3 heterocycles. The summed E-state index contributed by atoms with van der Waals surface area (Å²) in [4.78, 5) is 28.1. The molecule has 2 aromatic carbocycles. The number of carbonyl (C=O) groups is 2. The smallest absolute Gasteiger partial charge is 0.410 e. The van der Waals surface area contributed by atoms with Gasteiger partial charge in [-0.3, -0.25) is 4.79 Å². The van der Waals surface area contributed by atoms with Crippen LogP contribution in [-0.4, -0.2) is 30.1 Å². The fourth-order valence-corrected chi connectivity index (χ4v) is 5.92. The number of fused-ring (bicyclic) bond motifs is 3. The molecule has 2 N–H and O–H groups in total. The molecule has 2 aliphatic heterocycles. The lowest BCUT2D eigenvalue weighted by atomic mass is 10.0. The predicted molar refractivity (Wildman–Crippen MR) is 134 cm³/mol. The van der Waals surface area contributed by atoms with E-state index >= 15 is 0 Å². The van der Waals surface area contributed by atoms with Gasteiger partial charge in [-0.1, -0.05) is 46.3 Å². The third-order valence-corrected chi connectivity index (χ3v) is 7.52. The first-order valence-electron chi connectivity index (χ1n) is 11.1. The molecule has 5 rings (SSSR count). The van der Waals surface area contributed by atoms with Gasteiger partial charge in [-0.15, -0.1) is 11.3 Å². The number of anilines is 1. The van der Waals surface area contributed by atoms with E-state index in [4.69, 9.17) is 9.47 Å². The van der Waals surface area contributed by atoms with Crippen LogP contribution in [-0.2, 0) is 24.3 Å². The zero-order chi connectivity index (χ0) is 23.7. The van der Waals surface area contributed by atoms with Crippen LogP contribution in [0.4, 0.5) is 9.80 Å². The van der Waals surface area contributed by atoms with Gasteiger partial charge in [-0.05, 0) is 42.7 Å². The van der Waals surface area contributed by atoms with Crippen molar-refractivity contribution in [3.8, 4) is 5.75 Å². The SMILES string of the molecule is CCOC(=O)N1CCc2c(sc3c2C(=O)N[C@@H](c2cc(Br)ccc2OCc2ccccc2)N3)C1. The number of rotatable bonds is 5. The van der Waals surface area contributed by atoms with Gasteiger partial charge in [0.05, 0.1) is 18.7 Å². The van der Waals surface area contributed by atoms with Crippen molar-refractivity contribution in [3.63, 3.8) is 0 Å². The standard InChI is InChI=1S/C25H24BrN3O4S/c1-2-32-25(31)29-11-10-17-20(13-29)34-24-21(17)23(30)27-22(28-24)18-12-16(26)8-9-19(18)33-14-15-6-4-3-5-7-15/h3-9,12,22,28H,2,10-11,13-14H2,1H3,(H,27,30)/t22-/m1/s1. The van der Waals surface area contributed by atoms with Gasteiger partial charge >= 0.3 is 6.09 Å². The van der Waals surface area contributed by atoms with Crippen molar-refractivity contribution < 1.29 is 19.1 Å². The Balaban J connectivity index is 1.39. The fourth-order valence-electron chi connectivity index (χ4n) is 4.25. The van der Waals surface area contributed by atoms with Gasteiger partial charge < -0.3 is 25.0 Å². The van der Waals surface area contributed by atoms with Crippen molar-refractivity contribution in [2.75, 3.05) is 18.5 Å². The Labute approximate surface area is 210 Å². The molecule has 0 spiro atoms. The van der Waals surface area contributed by atoms with Gasteiger partial charge in [-0.2, -0.15) is 0 Å². The van der Waals surface area contributed by atoms with Crippen LogP contribution in [0.2, 0.25) is 0 Å².